The van der Waals surface area contributed by atoms with Crippen molar-refractivity contribution < 1.29 is 0 Å². The fourth-order valence-corrected chi connectivity index (χ4v) is 1.40. The van der Waals surface area contributed by atoms with Crippen molar-refractivity contribution in [1.82, 2.24) is 9.78 Å². The first kappa shape index (κ1) is 6.46. The van der Waals surface area contributed by atoms with Crippen LogP contribution in [0.25, 0.3) is 0 Å². The smallest absolute Gasteiger partial charge is 0.0736 e. The zero-order chi connectivity index (χ0) is 7.84. The van der Waals surface area contributed by atoms with Crippen LogP contribution >= 0.6 is 0 Å². The van der Waals surface area contributed by atoms with Crippen molar-refractivity contribution in [3.63, 3.8) is 0 Å². The molecule has 3 nitrogen and oxygen atoms in total. The number of allylic oxidation sites excluding steroid dienone is 1. The first-order chi connectivity index (χ1) is 5.27. The fourth-order valence-electron chi connectivity index (χ4n) is 1.40. The number of nitrogens with two attached hydrogens (primary N) is 1. The van der Waals surface area contributed by atoms with E-state index in [1.165, 1.54) is 5.57 Å². The van der Waals surface area contributed by atoms with Gasteiger partial charge in [-0.1, -0.05) is 12.2 Å². The second kappa shape index (κ2) is 2.12. The number of aromatic nitrogens is 2. The van der Waals surface area contributed by atoms with E-state index in [9.17, 15) is 0 Å². The number of anilines is 1. The Labute approximate surface area is 65.5 Å². The van der Waals surface area contributed by atoms with Gasteiger partial charge in [0.15, 0.2) is 0 Å². The minimum atomic E-state index is 0.797. The minimum absolute atomic E-state index is 0.797. The van der Waals surface area contributed by atoms with Crippen molar-refractivity contribution >= 4 is 5.69 Å². The van der Waals surface area contributed by atoms with Gasteiger partial charge in [-0.25, -0.2) is 0 Å². The number of nitrogens with zero attached hydrogens (tertiary/aromatic N) is 2. The summed E-state index contributed by atoms with van der Waals surface area (Å²) in [6, 6.07) is 0. The Morgan fingerprint density at radius 1 is 1.64 bits per heavy atom. The van der Waals surface area contributed by atoms with E-state index in [0.717, 1.165) is 30.8 Å². The second-order valence-corrected chi connectivity index (χ2v) is 2.95. The second-order valence-electron chi connectivity index (χ2n) is 2.95. The third-order valence-corrected chi connectivity index (χ3v) is 2.08. The quantitative estimate of drug-likeness (QED) is 0.558. The van der Waals surface area contributed by atoms with Gasteiger partial charge >= 0.3 is 0 Å². The normalized spacial score (nSPS) is 16.5. The van der Waals surface area contributed by atoms with Gasteiger partial charge in [0.2, 0.25) is 0 Å². The average molecular weight is 149 g/mol. The highest BCUT2D eigenvalue weighted by Gasteiger charge is 2.14. The Morgan fingerprint density at radius 2 is 2.45 bits per heavy atom. The van der Waals surface area contributed by atoms with E-state index < -0.39 is 0 Å². The molecule has 1 aliphatic heterocycles. The minimum Gasteiger partial charge on any atom is -0.396 e. The summed E-state index contributed by atoms with van der Waals surface area (Å²) in [5.41, 5.74) is 8.88. The molecule has 0 atom stereocenters. The van der Waals surface area contributed by atoms with Gasteiger partial charge in [-0.05, 0) is 6.42 Å². The van der Waals surface area contributed by atoms with Crippen LogP contribution in [-0.2, 0) is 13.0 Å². The molecule has 0 unspecified atom stereocenters. The highest BCUT2D eigenvalue weighted by Crippen LogP contribution is 2.21. The monoisotopic (exact) mass is 149 g/mol. The molecule has 0 aromatic carbocycles. The molecule has 0 radical (unpaired) electrons. The maximum atomic E-state index is 5.70. The maximum absolute atomic E-state index is 5.70. The average Bonchev–Trinajstić information content (AvgIpc) is 2.33. The van der Waals surface area contributed by atoms with Crippen molar-refractivity contribution in [2.24, 2.45) is 0 Å². The van der Waals surface area contributed by atoms with E-state index in [2.05, 4.69) is 11.7 Å². The molecule has 0 aliphatic carbocycles. The van der Waals surface area contributed by atoms with Crippen LogP contribution in [0.3, 0.4) is 0 Å². The zero-order valence-corrected chi connectivity index (χ0v) is 6.38. The molecule has 0 spiro atoms. The molecule has 0 amide bonds. The summed E-state index contributed by atoms with van der Waals surface area (Å²) in [6.07, 6.45) is 3.65. The predicted octanol–water partition coefficient (Wildman–Crippen LogP) is 0.968. The molecular weight excluding hydrogens is 138 g/mol. The third kappa shape index (κ3) is 0.926. The van der Waals surface area contributed by atoms with Gasteiger partial charge in [-0.3, -0.25) is 4.68 Å². The van der Waals surface area contributed by atoms with Crippen molar-refractivity contribution in [3.8, 4) is 0 Å². The molecule has 1 aromatic rings. The van der Waals surface area contributed by atoms with E-state index in [4.69, 9.17) is 5.73 Å². The van der Waals surface area contributed by atoms with E-state index in [1.807, 2.05) is 4.68 Å². The van der Waals surface area contributed by atoms with Crippen molar-refractivity contribution in [2.75, 3.05) is 5.73 Å². The van der Waals surface area contributed by atoms with Crippen LogP contribution in [0.15, 0.2) is 18.3 Å². The van der Waals surface area contributed by atoms with Crippen LogP contribution in [-0.4, -0.2) is 9.78 Å². The van der Waals surface area contributed by atoms with Crippen LogP contribution in [0.1, 0.15) is 12.1 Å². The summed E-state index contributed by atoms with van der Waals surface area (Å²) in [5.74, 6) is 0. The van der Waals surface area contributed by atoms with Crippen LogP contribution < -0.4 is 5.73 Å². The summed E-state index contributed by atoms with van der Waals surface area (Å²) < 4.78 is 1.96. The first-order valence-corrected chi connectivity index (χ1v) is 3.74. The van der Waals surface area contributed by atoms with Gasteiger partial charge in [-0.15, -0.1) is 0 Å². The van der Waals surface area contributed by atoms with E-state index in [0.29, 0.717) is 0 Å². The van der Waals surface area contributed by atoms with Gasteiger partial charge in [0.05, 0.1) is 17.6 Å². The van der Waals surface area contributed by atoms with Gasteiger partial charge in [0, 0.05) is 13.0 Å². The molecule has 0 fully saturated rings. The molecule has 0 saturated carbocycles. The molecule has 2 N–H and O–H groups in total. The van der Waals surface area contributed by atoms with Crippen LogP contribution in [0.5, 0.6) is 0 Å². The summed E-state index contributed by atoms with van der Waals surface area (Å²) >= 11 is 0. The number of rotatable bonds is 0. The summed E-state index contributed by atoms with van der Waals surface area (Å²) in [5, 5.41) is 4.14. The fraction of sp³-hybridized carbons (Fsp3) is 0.375. The maximum Gasteiger partial charge on any atom is 0.0736 e. The van der Waals surface area contributed by atoms with Gasteiger partial charge in [0.25, 0.3) is 0 Å². The van der Waals surface area contributed by atoms with Crippen LogP contribution in [0.4, 0.5) is 5.69 Å². The number of nitrogen functional groups attached to an aromatic ring is 1. The van der Waals surface area contributed by atoms with Crippen molar-refractivity contribution in [1.29, 1.82) is 0 Å². The molecule has 0 bridgehead atoms. The van der Waals surface area contributed by atoms with E-state index in [-0.39, 0.29) is 0 Å². The molecule has 2 rings (SSSR count). The lowest BCUT2D eigenvalue weighted by Gasteiger charge is -2.15. The van der Waals surface area contributed by atoms with Crippen LogP contribution in [0.2, 0.25) is 0 Å². The molecule has 2 heterocycles. The van der Waals surface area contributed by atoms with Gasteiger partial charge in [-0.2, -0.15) is 5.10 Å². The third-order valence-electron chi connectivity index (χ3n) is 2.08. The number of aryl methyl sites for hydroxylation is 1. The Morgan fingerprint density at radius 3 is 3.27 bits per heavy atom. The molecular formula is C8H11N3. The Balaban J connectivity index is 2.45. The highest BCUT2D eigenvalue weighted by atomic mass is 15.3. The molecule has 1 aliphatic rings. The molecule has 11 heavy (non-hydrogen) atoms. The van der Waals surface area contributed by atoms with Crippen molar-refractivity contribution in [3.05, 3.63) is 24.0 Å². The predicted molar refractivity (Wildman–Crippen MR) is 44.1 cm³/mol. The van der Waals surface area contributed by atoms with Crippen LogP contribution in [0, 0.1) is 0 Å². The lowest BCUT2D eigenvalue weighted by Crippen LogP contribution is -2.13. The zero-order valence-electron chi connectivity index (χ0n) is 6.38. The van der Waals surface area contributed by atoms with Crippen molar-refractivity contribution in [2.45, 2.75) is 19.4 Å². The SMILES string of the molecule is C=C1CCn2ncc(N)c2C1. The lowest BCUT2D eigenvalue weighted by atomic mass is 10.1. The topological polar surface area (TPSA) is 43.8 Å². The largest absolute Gasteiger partial charge is 0.396 e. The molecule has 1 aromatic heterocycles. The standard InChI is InChI=1S/C8H11N3/c1-6-2-3-11-8(4-6)7(9)5-10-11/h5H,1-4,9H2. The summed E-state index contributed by atoms with van der Waals surface area (Å²) in [6.45, 7) is 4.87. The van der Waals surface area contributed by atoms with E-state index >= 15 is 0 Å². The Hall–Kier alpha value is -1.25. The number of fused-ring (bicyclic) bond motifs is 1. The first-order valence-electron chi connectivity index (χ1n) is 3.74. The number of hydrogen-bond acceptors (Lipinski definition) is 2. The Kier molecular flexibility index (Phi) is 1.24. The summed E-state index contributed by atoms with van der Waals surface area (Å²) in [7, 11) is 0. The summed E-state index contributed by atoms with van der Waals surface area (Å²) in [4.78, 5) is 0. The number of hydrogen-bond donors (Lipinski definition) is 1. The van der Waals surface area contributed by atoms with Gasteiger partial charge < -0.3 is 5.73 Å². The molecule has 58 valence electrons. The van der Waals surface area contributed by atoms with Gasteiger partial charge in [0.1, 0.15) is 0 Å². The Bertz CT molecular complexity index is 298. The lowest BCUT2D eigenvalue weighted by molar-refractivity contribution is 0.551. The van der Waals surface area contributed by atoms with E-state index in [1.54, 1.807) is 6.20 Å². The molecule has 3 heteroatoms. The molecule has 0 saturated heterocycles. The highest BCUT2D eigenvalue weighted by molar-refractivity contribution is 5.43.